The zero-order valence-corrected chi connectivity index (χ0v) is 12.2. The minimum absolute atomic E-state index is 0.0317. The summed E-state index contributed by atoms with van der Waals surface area (Å²) in [7, 11) is -3.36. The number of ether oxygens (including phenoxy) is 1. The second kappa shape index (κ2) is 5.95. The molecule has 5 nitrogen and oxygen atoms in total. The summed E-state index contributed by atoms with van der Waals surface area (Å²) in [6.07, 6.45) is 1.58. The Morgan fingerprint density at radius 1 is 1.62 bits per heavy atom. The van der Waals surface area contributed by atoms with E-state index in [0.717, 1.165) is 3.79 Å². The quantitative estimate of drug-likeness (QED) is 0.867. The van der Waals surface area contributed by atoms with Crippen LogP contribution in [0.5, 0.6) is 0 Å². The SMILES string of the molecule is CC(C)OCCS(=O)(=O)Nc1ncc(Br)s1. The van der Waals surface area contributed by atoms with Crippen molar-refractivity contribution in [2.75, 3.05) is 17.1 Å². The zero-order chi connectivity index (χ0) is 12.2. The Kier molecular flexibility index (Phi) is 5.16. The molecular weight excluding hydrogens is 316 g/mol. The first kappa shape index (κ1) is 13.9. The highest BCUT2D eigenvalue weighted by molar-refractivity contribution is 9.11. The van der Waals surface area contributed by atoms with Crippen LogP contribution in [0.2, 0.25) is 0 Å². The van der Waals surface area contributed by atoms with Gasteiger partial charge >= 0.3 is 0 Å². The van der Waals surface area contributed by atoms with E-state index in [0.29, 0.717) is 5.13 Å². The van der Waals surface area contributed by atoms with E-state index in [9.17, 15) is 8.42 Å². The number of aromatic nitrogens is 1. The molecule has 0 fully saturated rings. The summed E-state index contributed by atoms with van der Waals surface area (Å²) in [5.74, 6) is -0.0671. The highest BCUT2D eigenvalue weighted by Gasteiger charge is 2.12. The molecule has 0 amide bonds. The lowest BCUT2D eigenvalue weighted by Gasteiger charge is -2.08. The molecule has 1 aromatic heterocycles. The third-order valence-corrected chi connectivity index (χ3v) is 4.25. The number of anilines is 1. The van der Waals surface area contributed by atoms with E-state index in [2.05, 4.69) is 25.6 Å². The van der Waals surface area contributed by atoms with Crippen molar-refractivity contribution in [3.8, 4) is 0 Å². The monoisotopic (exact) mass is 328 g/mol. The Morgan fingerprint density at radius 2 is 2.31 bits per heavy atom. The Bertz CT molecular complexity index is 430. The van der Waals surface area contributed by atoms with Crippen molar-refractivity contribution in [1.29, 1.82) is 0 Å². The fraction of sp³-hybridized carbons (Fsp3) is 0.625. The molecule has 0 atom stereocenters. The van der Waals surface area contributed by atoms with Crippen molar-refractivity contribution in [2.45, 2.75) is 20.0 Å². The van der Waals surface area contributed by atoms with Gasteiger partial charge in [0, 0.05) is 0 Å². The van der Waals surface area contributed by atoms with Gasteiger partial charge in [-0.15, -0.1) is 0 Å². The first-order valence-electron chi connectivity index (χ1n) is 4.62. The number of nitrogens with one attached hydrogen (secondary N) is 1. The molecule has 0 radical (unpaired) electrons. The van der Waals surface area contributed by atoms with E-state index in [-0.39, 0.29) is 18.5 Å². The van der Waals surface area contributed by atoms with Crippen LogP contribution in [-0.4, -0.2) is 31.9 Å². The van der Waals surface area contributed by atoms with Gasteiger partial charge in [-0.1, -0.05) is 11.3 Å². The average Bonchev–Trinajstić information content (AvgIpc) is 2.48. The van der Waals surface area contributed by atoms with Gasteiger partial charge < -0.3 is 4.74 Å². The molecule has 0 saturated carbocycles. The van der Waals surface area contributed by atoms with Crippen LogP contribution in [0.15, 0.2) is 9.98 Å². The molecule has 0 aliphatic carbocycles. The summed E-state index contributed by atoms with van der Waals surface area (Å²) in [5, 5.41) is 0.358. The van der Waals surface area contributed by atoms with Crippen molar-refractivity contribution < 1.29 is 13.2 Å². The molecule has 1 aromatic rings. The molecule has 0 spiro atoms. The van der Waals surface area contributed by atoms with Gasteiger partial charge in [-0.2, -0.15) is 0 Å². The smallest absolute Gasteiger partial charge is 0.236 e. The highest BCUT2D eigenvalue weighted by Crippen LogP contribution is 2.23. The molecule has 16 heavy (non-hydrogen) atoms. The summed E-state index contributed by atoms with van der Waals surface area (Å²) in [5.41, 5.74) is 0. The summed E-state index contributed by atoms with van der Waals surface area (Å²) < 4.78 is 31.4. The molecule has 0 bridgehead atoms. The summed E-state index contributed by atoms with van der Waals surface area (Å²) in [6.45, 7) is 3.90. The molecule has 1 N–H and O–H groups in total. The number of halogens is 1. The Labute approximate surface area is 107 Å². The van der Waals surface area contributed by atoms with Crippen molar-refractivity contribution in [3.63, 3.8) is 0 Å². The first-order valence-corrected chi connectivity index (χ1v) is 7.88. The van der Waals surface area contributed by atoms with E-state index < -0.39 is 10.0 Å². The number of thiazole rings is 1. The predicted molar refractivity (Wildman–Crippen MR) is 68.3 cm³/mol. The summed E-state index contributed by atoms with van der Waals surface area (Å²) >= 11 is 4.44. The summed E-state index contributed by atoms with van der Waals surface area (Å²) in [4.78, 5) is 3.88. The minimum atomic E-state index is -3.36. The Hall–Kier alpha value is -0.180. The molecule has 1 heterocycles. The molecule has 1 rings (SSSR count). The number of nitrogens with zero attached hydrogens (tertiary/aromatic N) is 1. The second-order valence-electron chi connectivity index (χ2n) is 3.31. The summed E-state index contributed by atoms with van der Waals surface area (Å²) in [6, 6.07) is 0. The Balaban J connectivity index is 2.46. The maximum atomic E-state index is 11.6. The molecule has 0 aliphatic rings. The topological polar surface area (TPSA) is 68.3 Å². The fourth-order valence-electron chi connectivity index (χ4n) is 0.879. The normalized spacial score (nSPS) is 12.0. The van der Waals surface area contributed by atoms with Crippen LogP contribution < -0.4 is 4.72 Å². The van der Waals surface area contributed by atoms with Crippen LogP contribution in [0.1, 0.15) is 13.8 Å². The second-order valence-corrected chi connectivity index (χ2v) is 7.56. The van der Waals surface area contributed by atoms with Crippen LogP contribution in [0, 0.1) is 0 Å². The first-order chi connectivity index (χ1) is 7.39. The van der Waals surface area contributed by atoms with Crippen LogP contribution in [0.4, 0.5) is 5.13 Å². The average molecular weight is 329 g/mol. The van der Waals surface area contributed by atoms with Gasteiger partial charge in [-0.05, 0) is 29.8 Å². The van der Waals surface area contributed by atoms with Gasteiger partial charge in [0.05, 0.1) is 28.4 Å². The van der Waals surface area contributed by atoms with Crippen LogP contribution in [-0.2, 0) is 14.8 Å². The predicted octanol–water partition coefficient (Wildman–Crippen LogP) is 2.07. The molecule has 0 aromatic carbocycles. The number of hydrogen-bond acceptors (Lipinski definition) is 5. The highest BCUT2D eigenvalue weighted by atomic mass is 79.9. The van der Waals surface area contributed by atoms with E-state index in [1.165, 1.54) is 11.3 Å². The lowest BCUT2D eigenvalue weighted by molar-refractivity contribution is 0.0913. The van der Waals surface area contributed by atoms with E-state index >= 15 is 0 Å². The van der Waals surface area contributed by atoms with Gasteiger partial charge in [0.25, 0.3) is 0 Å². The standard InChI is InChI=1S/C8H13BrN2O3S2/c1-6(2)14-3-4-16(12,13)11-8-10-5-7(9)15-8/h5-6H,3-4H2,1-2H3,(H,10,11). The number of rotatable bonds is 6. The maximum absolute atomic E-state index is 11.6. The van der Waals surface area contributed by atoms with Gasteiger partial charge in [-0.25, -0.2) is 13.4 Å². The van der Waals surface area contributed by atoms with Crippen LogP contribution >= 0.6 is 27.3 Å². The lowest BCUT2D eigenvalue weighted by Crippen LogP contribution is -2.21. The molecular formula is C8H13BrN2O3S2. The van der Waals surface area contributed by atoms with Crippen molar-refractivity contribution in [3.05, 3.63) is 9.98 Å². The third kappa shape index (κ3) is 5.24. The van der Waals surface area contributed by atoms with Crippen molar-refractivity contribution in [2.24, 2.45) is 0 Å². The van der Waals surface area contributed by atoms with E-state index in [4.69, 9.17) is 4.74 Å². The molecule has 0 aliphatic heterocycles. The molecule has 92 valence electrons. The maximum Gasteiger partial charge on any atom is 0.236 e. The third-order valence-electron chi connectivity index (χ3n) is 1.52. The van der Waals surface area contributed by atoms with Gasteiger partial charge in [0.15, 0.2) is 5.13 Å². The fourth-order valence-corrected chi connectivity index (χ4v) is 3.12. The number of hydrogen-bond donors (Lipinski definition) is 1. The van der Waals surface area contributed by atoms with E-state index in [1.54, 1.807) is 6.20 Å². The van der Waals surface area contributed by atoms with Crippen molar-refractivity contribution >= 4 is 42.4 Å². The molecule has 8 heteroatoms. The zero-order valence-electron chi connectivity index (χ0n) is 8.94. The Morgan fingerprint density at radius 3 is 2.81 bits per heavy atom. The van der Waals surface area contributed by atoms with E-state index in [1.807, 2.05) is 13.8 Å². The minimum Gasteiger partial charge on any atom is -0.378 e. The lowest BCUT2D eigenvalue weighted by atomic mass is 10.5. The molecule has 0 unspecified atom stereocenters. The van der Waals surface area contributed by atoms with Gasteiger partial charge in [-0.3, -0.25) is 4.72 Å². The number of sulfonamides is 1. The van der Waals surface area contributed by atoms with Gasteiger partial charge in [0.2, 0.25) is 10.0 Å². The molecule has 0 saturated heterocycles. The van der Waals surface area contributed by atoms with Crippen LogP contribution in [0.3, 0.4) is 0 Å². The van der Waals surface area contributed by atoms with Gasteiger partial charge in [0.1, 0.15) is 0 Å². The largest absolute Gasteiger partial charge is 0.378 e. The van der Waals surface area contributed by atoms with Crippen molar-refractivity contribution in [1.82, 2.24) is 4.98 Å². The van der Waals surface area contributed by atoms with Crippen LogP contribution in [0.25, 0.3) is 0 Å².